The van der Waals surface area contributed by atoms with Crippen LogP contribution in [-0.2, 0) is 17.4 Å². The topological polar surface area (TPSA) is 118 Å². The van der Waals surface area contributed by atoms with E-state index in [1.807, 2.05) is 37.4 Å². The number of aromatic nitrogens is 1. The second-order valence-electron chi connectivity index (χ2n) is 8.33. The molecule has 0 aliphatic heterocycles. The van der Waals surface area contributed by atoms with E-state index < -0.39 is 47.4 Å². The number of nitrogens with one attached hydrogen (secondary N) is 2. The second-order valence-corrected chi connectivity index (χ2v) is 8.33. The van der Waals surface area contributed by atoms with Crippen molar-refractivity contribution in [3.05, 3.63) is 71.0 Å². The number of nitrogens with zero attached hydrogens (tertiary/aromatic N) is 1. The van der Waals surface area contributed by atoms with Gasteiger partial charge in [-0.05, 0) is 55.7 Å². The zero-order chi connectivity index (χ0) is 28.0. The first-order valence-corrected chi connectivity index (χ1v) is 11.7. The highest BCUT2D eigenvalue weighted by atomic mass is 19.4. The average Bonchev–Trinajstić information content (AvgIpc) is 2.84. The zero-order valence-electron chi connectivity index (χ0n) is 20.9. The largest absolute Gasteiger partial charge is 0.493 e. The Kier molecular flexibility index (Phi) is 8.72. The Hall–Kier alpha value is -4.41. The molecule has 3 N–H and O–H groups in total. The van der Waals surface area contributed by atoms with Crippen LogP contribution in [0.25, 0.3) is 11.1 Å². The molecular formula is C27H26F3N3O5. The van der Waals surface area contributed by atoms with Crippen LogP contribution in [0, 0.1) is 6.92 Å². The maximum absolute atomic E-state index is 13.6. The Labute approximate surface area is 216 Å². The SMILES string of the molecule is CCOc1cc(NC(=O)O)c(NC(=O)CC(=O)c2cccc(-c3cc(C)nc(CC)c3)c2)cc1C(F)(F)F. The van der Waals surface area contributed by atoms with E-state index in [9.17, 15) is 27.6 Å². The number of carboxylic acid groups (broad SMARTS) is 1. The highest BCUT2D eigenvalue weighted by molar-refractivity contribution is 6.12. The molecule has 2 aromatic carbocycles. The molecule has 200 valence electrons. The van der Waals surface area contributed by atoms with Crippen LogP contribution in [-0.4, -0.2) is 34.5 Å². The van der Waals surface area contributed by atoms with Crippen LogP contribution >= 0.6 is 0 Å². The predicted molar refractivity (Wildman–Crippen MR) is 136 cm³/mol. The van der Waals surface area contributed by atoms with E-state index in [0.29, 0.717) is 6.07 Å². The van der Waals surface area contributed by atoms with Gasteiger partial charge in [-0.2, -0.15) is 13.2 Å². The lowest BCUT2D eigenvalue weighted by Gasteiger charge is -2.18. The highest BCUT2D eigenvalue weighted by Crippen LogP contribution is 2.41. The summed E-state index contributed by atoms with van der Waals surface area (Å²) in [4.78, 5) is 41.1. The first-order chi connectivity index (χ1) is 17.9. The summed E-state index contributed by atoms with van der Waals surface area (Å²) in [7, 11) is 0. The number of ketones is 1. The van der Waals surface area contributed by atoms with Gasteiger partial charge in [-0.25, -0.2) is 4.79 Å². The van der Waals surface area contributed by atoms with Gasteiger partial charge in [-0.15, -0.1) is 0 Å². The van der Waals surface area contributed by atoms with Gasteiger partial charge in [0.05, 0.1) is 30.0 Å². The van der Waals surface area contributed by atoms with Crippen molar-refractivity contribution in [2.75, 3.05) is 17.2 Å². The average molecular weight is 530 g/mol. The van der Waals surface area contributed by atoms with Crippen molar-refractivity contribution in [2.45, 2.75) is 39.8 Å². The number of halogens is 3. The number of amides is 2. The maximum atomic E-state index is 13.6. The van der Waals surface area contributed by atoms with Gasteiger partial charge in [-0.3, -0.25) is 19.9 Å². The minimum absolute atomic E-state index is 0.103. The van der Waals surface area contributed by atoms with Crippen molar-refractivity contribution in [2.24, 2.45) is 0 Å². The number of anilines is 2. The number of hydrogen-bond acceptors (Lipinski definition) is 5. The quantitative estimate of drug-likeness (QED) is 0.220. The fraction of sp³-hybridized carbons (Fsp3) is 0.259. The fourth-order valence-corrected chi connectivity index (χ4v) is 3.80. The molecule has 0 bridgehead atoms. The van der Waals surface area contributed by atoms with Crippen molar-refractivity contribution in [3.8, 4) is 16.9 Å². The number of hydrogen-bond donors (Lipinski definition) is 3. The molecule has 3 rings (SSSR count). The van der Waals surface area contributed by atoms with E-state index >= 15 is 0 Å². The number of pyridine rings is 1. The van der Waals surface area contributed by atoms with E-state index in [4.69, 9.17) is 9.84 Å². The summed E-state index contributed by atoms with van der Waals surface area (Å²) in [5.41, 5.74) is 1.52. The third-order valence-corrected chi connectivity index (χ3v) is 5.45. The number of ether oxygens (including phenoxy) is 1. The summed E-state index contributed by atoms with van der Waals surface area (Å²) < 4.78 is 45.7. The molecule has 0 spiro atoms. The first-order valence-electron chi connectivity index (χ1n) is 11.7. The molecule has 0 saturated carbocycles. The number of aryl methyl sites for hydroxylation is 2. The molecule has 2 amide bonds. The molecule has 0 aliphatic carbocycles. The van der Waals surface area contributed by atoms with E-state index in [0.717, 1.165) is 35.0 Å². The normalized spacial score (nSPS) is 11.1. The zero-order valence-corrected chi connectivity index (χ0v) is 20.9. The number of carbonyl (C=O) groups is 3. The van der Waals surface area contributed by atoms with Crippen molar-refractivity contribution >= 4 is 29.2 Å². The Bertz CT molecular complexity index is 1370. The van der Waals surface area contributed by atoms with Crippen LogP contribution in [0.1, 0.15) is 47.6 Å². The first kappa shape index (κ1) is 28.2. The van der Waals surface area contributed by atoms with Crippen molar-refractivity contribution in [3.63, 3.8) is 0 Å². The molecule has 0 unspecified atom stereocenters. The van der Waals surface area contributed by atoms with Crippen LogP contribution in [0.3, 0.4) is 0 Å². The number of Topliss-reactive ketones (excluding diaryl/α,β-unsaturated/α-hetero) is 1. The number of rotatable bonds is 9. The fourth-order valence-electron chi connectivity index (χ4n) is 3.80. The Balaban J connectivity index is 1.86. The highest BCUT2D eigenvalue weighted by Gasteiger charge is 2.36. The van der Waals surface area contributed by atoms with E-state index in [1.165, 1.54) is 13.0 Å². The van der Waals surface area contributed by atoms with Crippen LogP contribution in [0.5, 0.6) is 5.75 Å². The van der Waals surface area contributed by atoms with Gasteiger partial charge in [0.25, 0.3) is 0 Å². The third kappa shape index (κ3) is 7.09. The van der Waals surface area contributed by atoms with Gasteiger partial charge in [0.15, 0.2) is 5.78 Å². The second kappa shape index (κ2) is 11.8. The smallest absolute Gasteiger partial charge is 0.420 e. The molecule has 1 heterocycles. The molecule has 0 radical (unpaired) electrons. The standard InChI is InChI=1S/C27H26F3N3O5/c1-4-19-11-18(9-15(3)31-19)16-7-6-8-17(10-16)23(34)14-25(35)32-21-12-20(27(28,29)30)24(38-5-2)13-22(21)33-26(36)37/h6-13,33H,4-5,14H2,1-3H3,(H,32,35)(H,36,37). The van der Waals surface area contributed by atoms with Crippen molar-refractivity contribution in [1.82, 2.24) is 4.98 Å². The van der Waals surface area contributed by atoms with Crippen molar-refractivity contribution < 1.29 is 37.4 Å². The molecule has 38 heavy (non-hydrogen) atoms. The minimum atomic E-state index is -4.84. The molecule has 0 fully saturated rings. The van der Waals surface area contributed by atoms with Crippen LogP contribution < -0.4 is 15.4 Å². The molecular weight excluding hydrogens is 503 g/mol. The van der Waals surface area contributed by atoms with Crippen LogP contribution in [0.2, 0.25) is 0 Å². The molecule has 8 nitrogen and oxygen atoms in total. The molecule has 0 saturated heterocycles. The third-order valence-electron chi connectivity index (χ3n) is 5.45. The summed E-state index contributed by atoms with van der Waals surface area (Å²) in [6.07, 6.45) is -6.35. The van der Waals surface area contributed by atoms with E-state index in [-0.39, 0.29) is 17.9 Å². The minimum Gasteiger partial charge on any atom is -0.493 e. The van der Waals surface area contributed by atoms with Crippen LogP contribution in [0.15, 0.2) is 48.5 Å². The van der Waals surface area contributed by atoms with Gasteiger partial charge < -0.3 is 15.2 Å². The van der Waals surface area contributed by atoms with E-state index in [2.05, 4.69) is 10.3 Å². The Morgan fingerprint density at radius 1 is 0.974 bits per heavy atom. The number of alkyl halides is 3. The van der Waals surface area contributed by atoms with Gasteiger partial charge in [0.1, 0.15) is 5.75 Å². The lowest BCUT2D eigenvalue weighted by atomic mass is 9.99. The van der Waals surface area contributed by atoms with Gasteiger partial charge in [0.2, 0.25) is 5.91 Å². The molecule has 1 aromatic heterocycles. The predicted octanol–water partition coefficient (Wildman–Crippen LogP) is 6.34. The lowest BCUT2D eigenvalue weighted by Crippen LogP contribution is -2.20. The molecule has 3 aromatic rings. The summed E-state index contributed by atoms with van der Waals surface area (Å²) >= 11 is 0. The monoisotopic (exact) mass is 529 g/mol. The summed E-state index contributed by atoms with van der Waals surface area (Å²) in [6.45, 7) is 5.21. The summed E-state index contributed by atoms with van der Waals surface area (Å²) in [6, 6.07) is 11.8. The van der Waals surface area contributed by atoms with Gasteiger partial charge in [-0.1, -0.05) is 25.1 Å². The van der Waals surface area contributed by atoms with E-state index in [1.54, 1.807) is 12.1 Å². The van der Waals surface area contributed by atoms with Crippen LogP contribution in [0.4, 0.5) is 29.3 Å². The summed E-state index contributed by atoms with van der Waals surface area (Å²) in [5, 5.41) is 13.3. The van der Waals surface area contributed by atoms with Gasteiger partial charge in [0, 0.05) is 23.0 Å². The van der Waals surface area contributed by atoms with Crippen molar-refractivity contribution in [1.29, 1.82) is 0 Å². The molecule has 11 heteroatoms. The van der Waals surface area contributed by atoms with Gasteiger partial charge >= 0.3 is 12.3 Å². The summed E-state index contributed by atoms with van der Waals surface area (Å²) in [5.74, 6) is -2.09. The molecule has 0 atom stereocenters. The Morgan fingerprint density at radius 2 is 1.68 bits per heavy atom. The lowest BCUT2D eigenvalue weighted by molar-refractivity contribution is -0.138. The number of benzene rings is 2. The maximum Gasteiger partial charge on any atom is 0.420 e. The molecule has 0 aliphatic rings. The number of carbonyl (C=O) groups excluding carboxylic acids is 2. The Morgan fingerprint density at radius 3 is 2.32 bits per heavy atom.